The summed E-state index contributed by atoms with van der Waals surface area (Å²) in [6.45, 7) is 4.73. The van der Waals surface area contributed by atoms with Crippen molar-refractivity contribution in [3.8, 4) is 17.1 Å². The fraction of sp³-hybridized carbons (Fsp3) is 0.273. The highest BCUT2D eigenvalue weighted by molar-refractivity contribution is 7.90. The third-order valence-corrected chi connectivity index (χ3v) is 12.9. The number of esters is 1. The van der Waals surface area contributed by atoms with Crippen LogP contribution in [0.2, 0.25) is 0 Å². The van der Waals surface area contributed by atoms with Gasteiger partial charge in [0.1, 0.15) is 18.2 Å². The first-order valence-corrected chi connectivity index (χ1v) is 20.5. The number of aromatic nitrogens is 2. The molecule has 1 fully saturated rings. The van der Waals surface area contributed by atoms with Gasteiger partial charge in [0.25, 0.3) is 15.6 Å². The second kappa shape index (κ2) is 14.2. The Hall–Kier alpha value is -5.89. The van der Waals surface area contributed by atoms with E-state index in [1.807, 2.05) is 78.9 Å². The van der Waals surface area contributed by atoms with Gasteiger partial charge in [0, 0.05) is 55.7 Å². The zero-order valence-corrected chi connectivity index (χ0v) is 32.5. The molecule has 1 atom stereocenters. The number of aliphatic hydroxyl groups is 1. The van der Waals surface area contributed by atoms with Crippen molar-refractivity contribution in [3.05, 3.63) is 135 Å². The number of piperazine rings is 1. The van der Waals surface area contributed by atoms with Crippen LogP contribution in [0.25, 0.3) is 33.1 Å². The summed E-state index contributed by atoms with van der Waals surface area (Å²) in [6.07, 6.45) is 0.388. The highest BCUT2D eigenvalue weighted by Crippen LogP contribution is 2.40. The number of carbonyl (C=O) groups excluding carboxylic acids is 1. The number of amidine groups is 1. The van der Waals surface area contributed by atoms with Gasteiger partial charge in [-0.2, -0.15) is 8.42 Å². The number of hydrogen-bond acceptors (Lipinski definition) is 9. The summed E-state index contributed by atoms with van der Waals surface area (Å²) < 4.78 is 44.6. The molecule has 0 radical (unpaired) electrons. The standard InChI is InChI=1S/C44H41N5O7S/c1-3-44(52)37-24-39-41-35(26-49(39)42(50)36(37)27-56-43(44)51)34(33-10-6-7-11-38(33)45-41)25-47-18-20-48(21-19-47)40(22-28-12-15-31(55-2)16-13-28)46-57(53,54)32-17-14-29-8-4-5-9-30(29)23-32/h4-17,23-24,52H,3,18-22,25-27H2,1-2H3/b46-40-/t44-/m0/s1. The molecule has 3 aliphatic rings. The number of pyridine rings is 2. The van der Waals surface area contributed by atoms with Gasteiger partial charge in [0.2, 0.25) is 0 Å². The minimum Gasteiger partial charge on any atom is -0.497 e. The lowest BCUT2D eigenvalue weighted by Crippen LogP contribution is -2.49. The molecule has 0 unspecified atom stereocenters. The molecule has 5 heterocycles. The molecule has 9 rings (SSSR count). The summed E-state index contributed by atoms with van der Waals surface area (Å²) in [7, 11) is -2.44. The number of nitrogens with zero attached hydrogens (tertiary/aromatic N) is 5. The van der Waals surface area contributed by atoms with E-state index in [2.05, 4.69) is 14.2 Å². The van der Waals surface area contributed by atoms with Crippen LogP contribution in [0.4, 0.5) is 0 Å². The molecule has 6 aromatic rings. The maximum Gasteiger partial charge on any atom is 0.343 e. The molecular weight excluding hydrogens is 743 g/mol. The van der Waals surface area contributed by atoms with Gasteiger partial charge in [-0.3, -0.25) is 9.69 Å². The zero-order valence-electron chi connectivity index (χ0n) is 31.6. The predicted molar refractivity (Wildman–Crippen MR) is 217 cm³/mol. The molecule has 3 aliphatic heterocycles. The number of cyclic esters (lactones) is 1. The van der Waals surface area contributed by atoms with Crippen molar-refractivity contribution in [1.29, 1.82) is 0 Å². The van der Waals surface area contributed by atoms with Crippen LogP contribution < -0.4 is 10.3 Å². The summed E-state index contributed by atoms with van der Waals surface area (Å²) in [4.78, 5) is 36.2. The molecule has 12 nitrogen and oxygen atoms in total. The van der Waals surface area contributed by atoms with E-state index in [0.29, 0.717) is 68.7 Å². The fourth-order valence-electron chi connectivity index (χ4n) is 8.33. The minimum atomic E-state index is -4.04. The van der Waals surface area contributed by atoms with Crippen LogP contribution >= 0.6 is 0 Å². The lowest BCUT2D eigenvalue weighted by Gasteiger charge is -2.37. The van der Waals surface area contributed by atoms with Crippen molar-refractivity contribution in [1.82, 2.24) is 19.4 Å². The quantitative estimate of drug-likeness (QED) is 0.121. The average Bonchev–Trinajstić information content (AvgIpc) is 3.61. The summed E-state index contributed by atoms with van der Waals surface area (Å²) in [5, 5.41) is 14.1. The normalized spacial score (nSPS) is 18.3. The van der Waals surface area contributed by atoms with Crippen LogP contribution in [0.15, 0.2) is 111 Å². The number of carbonyl (C=O) groups is 1. The minimum absolute atomic E-state index is 0.0683. The van der Waals surface area contributed by atoms with Crippen molar-refractivity contribution in [2.75, 3.05) is 33.3 Å². The van der Waals surface area contributed by atoms with Gasteiger partial charge < -0.3 is 24.0 Å². The smallest absolute Gasteiger partial charge is 0.343 e. The maximum absolute atomic E-state index is 13.9. The van der Waals surface area contributed by atoms with Gasteiger partial charge >= 0.3 is 5.97 Å². The van der Waals surface area contributed by atoms with Crippen LogP contribution in [0.3, 0.4) is 0 Å². The van der Waals surface area contributed by atoms with Gasteiger partial charge in [-0.25, -0.2) is 9.78 Å². The Balaban J connectivity index is 1.02. The predicted octanol–water partition coefficient (Wildman–Crippen LogP) is 5.39. The number of para-hydroxylation sites is 1. The number of methoxy groups -OCH3 is 1. The molecule has 0 saturated carbocycles. The highest BCUT2D eigenvalue weighted by atomic mass is 32.2. The van der Waals surface area contributed by atoms with Crippen LogP contribution in [0, 0.1) is 0 Å². The van der Waals surface area contributed by atoms with Crippen LogP contribution in [0.1, 0.15) is 41.2 Å². The first-order valence-electron chi connectivity index (χ1n) is 19.1. The second-order valence-electron chi connectivity index (χ2n) is 14.8. The van der Waals surface area contributed by atoms with Crippen molar-refractivity contribution in [2.45, 2.75) is 50.0 Å². The number of ether oxygens (including phenoxy) is 2. The zero-order chi connectivity index (χ0) is 39.5. The van der Waals surface area contributed by atoms with E-state index < -0.39 is 21.6 Å². The largest absolute Gasteiger partial charge is 0.497 e. The van der Waals surface area contributed by atoms with E-state index in [1.165, 1.54) is 0 Å². The summed E-state index contributed by atoms with van der Waals surface area (Å²) in [6, 6.07) is 30.0. The summed E-state index contributed by atoms with van der Waals surface area (Å²) in [5.41, 5.74) is 3.25. The van der Waals surface area contributed by atoms with E-state index in [1.54, 1.807) is 36.8 Å². The number of sulfonamides is 1. The first kappa shape index (κ1) is 36.7. The molecule has 1 N–H and O–H groups in total. The van der Waals surface area contributed by atoms with Crippen LogP contribution in [-0.4, -0.2) is 78.0 Å². The van der Waals surface area contributed by atoms with Crippen LogP contribution in [0.5, 0.6) is 5.75 Å². The Morgan fingerprint density at radius 1 is 0.912 bits per heavy atom. The number of benzene rings is 4. The third kappa shape index (κ3) is 6.45. The molecule has 290 valence electrons. The first-order chi connectivity index (χ1) is 27.6. The Morgan fingerprint density at radius 2 is 1.65 bits per heavy atom. The van der Waals surface area contributed by atoms with E-state index >= 15 is 0 Å². The van der Waals surface area contributed by atoms with Gasteiger partial charge in [0.15, 0.2) is 5.60 Å². The van der Waals surface area contributed by atoms with Gasteiger partial charge in [-0.1, -0.05) is 67.6 Å². The Morgan fingerprint density at radius 3 is 2.40 bits per heavy atom. The molecule has 57 heavy (non-hydrogen) atoms. The Labute approximate surface area is 329 Å². The van der Waals surface area contributed by atoms with Gasteiger partial charge in [0.05, 0.1) is 41.0 Å². The topological polar surface area (TPSA) is 144 Å². The van der Waals surface area contributed by atoms with Crippen molar-refractivity contribution >= 4 is 43.5 Å². The van der Waals surface area contributed by atoms with Crippen molar-refractivity contribution in [3.63, 3.8) is 0 Å². The SMILES string of the molecule is CC[C@@]1(O)C(=O)OCc2c1cc1n(c2=O)Cc2c-1nc1ccccc1c2CN1CCN(/C(Cc2ccc(OC)cc2)=N\S(=O)(=O)c2ccc3ccccc3c2)CC1. The second-order valence-corrected chi connectivity index (χ2v) is 16.4. The molecule has 0 spiro atoms. The molecule has 0 aliphatic carbocycles. The van der Waals surface area contributed by atoms with E-state index in [4.69, 9.17) is 14.5 Å². The molecule has 0 amide bonds. The third-order valence-electron chi connectivity index (χ3n) is 11.6. The summed E-state index contributed by atoms with van der Waals surface area (Å²) in [5.74, 6) is 0.426. The monoisotopic (exact) mass is 783 g/mol. The molecule has 0 bridgehead atoms. The molecule has 2 aromatic heterocycles. The van der Waals surface area contributed by atoms with Crippen LogP contribution in [-0.2, 0) is 51.3 Å². The summed E-state index contributed by atoms with van der Waals surface area (Å²) >= 11 is 0. The number of hydrogen-bond donors (Lipinski definition) is 1. The van der Waals surface area contributed by atoms with Crippen molar-refractivity contribution in [2.24, 2.45) is 4.40 Å². The number of fused-ring (bicyclic) bond motifs is 6. The molecule has 4 aromatic carbocycles. The lowest BCUT2D eigenvalue weighted by molar-refractivity contribution is -0.172. The Bertz CT molecular complexity index is 2790. The number of rotatable bonds is 8. The fourth-order valence-corrected chi connectivity index (χ4v) is 9.41. The van der Waals surface area contributed by atoms with Crippen molar-refractivity contribution < 1.29 is 27.8 Å². The highest BCUT2D eigenvalue weighted by Gasteiger charge is 2.45. The average molecular weight is 784 g/mol. The molecule has 13 heteroatoms. The lowest BCUT2D eigenvalue weighted by atomic mass is 9.86. The van der Waals surface area contributed by atoms with E-state index in [9.17, 15) is 23.1 Å². The Kier molecular flexibility index (Phi) is 9.18. The molecule has 1 saturated heterocycles. The molecular formula is C44H41N5O7S. The van der Waals surface area contributed by atoms with E-state index in [-0.39, 0.29) is 34.6 Å². The van der Waals surface area contributed by atoms with E-state index in [0.717, 1.165) is 38.4 Å². The maximum atomic E-state index is 13.9. The van der Waals surface area contributed by atoms with Gasteiger partial charge in [-0.15, -0.1) is 4.40 Å². The van der Waals surface area contributed by atoms with Gasteiger partial charge in [-0.05, 0) is 64.7 Å².